The van der Waals surface area contributed by atoms with Crippen LogP contribution in [0.1, 0.15) is 20.3 Å². The Morgan fingerprint density at radius 2 is 1.86 bits per heavy atom. The van der Waals surface area contributed by atoms with Crippen molar-refractivity contribution in [3.05, 3.63) is 0 Å². The number of hydrogen-bond donors (Lipinski definition) is 1. The first kappa shape index (κ1) is 13.9. The Balaban J connectivity index is 3.48. The molecule has 14 heavy (non-hydrogen) atoms. The molecule has 0 fully saturated rings. The number of nitrogens with zero attached hydrogens (tertiary/aromatic N) is 2. The van der Waals surface area contributed by atoms with Crippen LogP contribution in [-0.4, -0.2) is 54.7 Å². The lowest BCUT2D eigenvalue weighted by molar-refractivity contribution is -0.111. The van der Waals surface area contributed by atoms with Crippen LogP contribution in [0.2, 0.25) is 0 Å². The zero-order valence-corrected chi connectivity index (χ0v) is 10.6. The largest absolute Gasteiger partial charge is 0.304 e. The van der Waals surface area contributed by atoms with E-state index in [9.17, 15) is 4.79 Å². The molecule has 0 aromatic carbocycles. The highest BCUT2D eigenvalue weighted by Gasteiger charge is 2.05. The Morgan fingerprint density at radius 1 is 1.29 bits per heavy atom. The highest BCUT2D eigenvalue weighted by Crippen LogP contribution is 1.96. The summed E-state index contributed by atoms with van der Waals surface area (Å²) in [6, 6.07) is 0.590. The summed E-state index contributed by atoms with van der Waals surface area (Å²) in [6.45, 7) is 6.82. The topological polar surface area (TPSA) is 23.6 Å². The minimum Gasteiger partial charge on any atom is -0.304 e. The van der Waals surface area contributed by atoms with E-state index in [1.165, 1.54) is 0 Å². The van der Waals surface area contributed by atoms with Gasteiger partial charge in [-0.3, -0.25) is 9.69 Å². The van der Waals surface area contributed by atoms with Crippen LogP contribution in [0.3, 0.4) is 0 Å². The lowest BCUT2D eigenvalue weighted by atomic mass is 10.3. The summed E-state index contributed by atoms with van der Waals surface area (Å²) in [5.41, 5.74) is 0. The fourth-order valence-electron chi connectivity index (χ4n) is 1.16. The Bertz CT molecular complexity index is 174. The van der Waals surface area contributed by atoms with E-state index in [2.05, 4.69) is 38.4 Å². The van der Waals surface area contributed by atoms with Crippen LogP contribution in [0.5, 0.6) is 0 Å². The Kier molecular flexibility index (Phi) is 7.23. The Morgan fingerprint density at radius 3 is 2.29 bits per heavy atom. The monoisotopic (exact) mass is 218 g/mol. The standard InChI is InChI=1S/C10H22N2OS/c1-9(2)12(4)7-5-6-11(3)8-10(13)14/h9H,5-8H2,1-4H3,(H,13,14). The van der Waals surface area contributed by atoms with Gasteiger partial charge in [0.25, 0.3) is 0 Å². The molecule has 0 rings (SSSR count). The van der Waals surface area contributed by atoms with Gasteiger partial charge in [-0.05, 0) is 47.5 Å². The lowest BCUT2D eigenvalue weighted by Crippen LogP contribution is -2.31. The van der Waals surface area contributed by atoms with Gasteiger partial charge in [-0.15, -0.1) is 12.6 Å². The van der Waals surface area contributed by atoms with Crippen molar-refractivity contribution >= 4 is 17.7 Å². The van der Waals surface area contributed by atoms with Crippen LogP contribution in [0.15, 0.2) is 0 Å². The molecule has 4 heteroatoms. The fourth-order valence-corrected chi connectivity index (χ4v) is 1.40. The lowest BCUT2D eigenvalue weighted by Gasteiger charge is -2.22. The predicted molar refractivity (Wildman–Crippen MR) is 63.9 cm³/mol. The minimum absolute atomic E-state index is 0.0651. The molecule has 0 unspecified atom stereocenters. The van der Waals surface area contributed by atoms with E-state index in [0.29, 0.717) is 12.6 Å². The number of carbonyl (C=O) groups is 1. The molecule has 0 bridgehead atoms. The van der Waals surface area contributed by atoms with Crippen molar-refractivity contribution in [1.29, 1.82) is 0 Å². The zero-order chi connectivity index (χ0) is 11.1. The van der Waals surface area contributed by atoms with Crippen LogP contribution in [-0.2, 0) is 4.79 Å². The van der Waals surface area contributed by atoms with Gasteiger partial charge in [-0.25, -0.2) is 0 Å². The molecular formula is C10H22N2OS. The van der Waals surface area contributed by atoms with Crippen molar-refractivity contribution in [1.82, 2.24) is 9.80 Å². The Labute approximate surface area is 92.9 Å². The van der Waals surface area contributed by atoms with Crippen molar-refractivity contribution in [3.8, 4) is 0 Å². The summed E-state index contributed by atoms with van der Waals surface area (Å²) in [4.78, 5) is 15.0. The molecule has 0 aromatic heterocycles. The van der Waals surface area contributed by atoms with Gasteiger partial charge in [0.15, 0.2) is 5.12 Å². The van der Waals surface area contributed by atoms with Crippen LogP contribution >= 0.6 is 12.6 Å². The molecular weight excluding hydrogens is 196 g/mol. The summed E-state index contributed by atoms with van der Waals surface area (Å²) < 4.78 is 0. The van der Waals surface area contributed by atoms with Crippen molar-refractivity contribution in [2.75, 3.05) is 33.7 Å². The molecule has 0 atom stereocenters. The molecule has 0 amide bonds. The molecule has 0 saturated carbocycles. The third kappa shape index (κ3) is 7.35. The number of carbonyl (C=O) groups excluding carboxylic acids is 1. The van der Waals surface area contributed by atoms with Gasteiger partial charge >= 0.3 is 0 Å². The van der Waals surface area contributed by atoms with E-state index < -0.39 is 0 Å². The summed E-state index contributed by atoms with van der Waals surface area (Å²) in [6.07, 6.45) is 1.09. The normalized spacial score (nSPS) is 11.7. The molecule has 0 aliphatic carbocycles. The second kappa shape index (κ2) is 7.26. The molecule has 0 aliphatic rings. The van der Waals surface area contributed by atoms with Crippen LogP contribution in [0, 0.1) is 0 Å². The van der Waals surface area contributed by atoms with Crippen molar-refractivity contribution in [2.45, 2.75) is 26.3 Å². The first-order valence-electron chi connectivity index (χ1n) is 5.04. The maximum absolute atomic E-state index is 10.7. The molecule has 0 saturated heterocycles. The predicted octanol–water partition coefficient (Wildman–Crippen LogP) is 1.10. The molecule has 0 aromatic rings. The summed E-state index contributed by atoms with van der Waals surface area (Å²) in [7, 11) is 4.07. The van der Waals surface area contributed by atoms with Gasteiger partial charge < -0.3 is 4.90 Å². The fraction of sp³-hybridized carbons (Fsp3) is 0.900. The first-order valence-corrected chi connectivity index (χ1v) is 5.48. The van der Waals surface area contributed by atoms with E-state index in [-0.39, 0.29) is 5.12 Å². The summed E-state index contributed by atoms with van der Waals surface area (Å²) >= 11 is 3.74. The summed E-state index contributed by atoms with van der Waals surface area (Å²) in [5, 5.41) is -0.0651. The van der Waals surface area contributed by atoms with Gasteiger partial charge in [-0.2, -0.15) is 0 Å². The van der Waals surface area contributed by atoms with E-state index in [4.69, 9.17) is 0 Å². The van der Waals surface area contributed by atoms with E-state index >= 15 is 0 Å². The zero-order valence-electron chi connectivity index (χ0n) is 9.66. The second-order valence-corrected chi connectivity index (χ2v) is 4.56. The molecule has 0 N–H and O–H groups in total. The van der Waals surface area contributed by atoms with Gasteiger partial charge in [0, 0.05) is 6.04 Å². The smallest absolute Gasteiger partial charge is 0.199 e. The molecule has 3 nitrogen and oxygen atoms in total. The third-order valence-electron chi connectivity index (χ3n) is 2.34. The van der Waals surface area contributed by atoms with Crippen molar-refractivity contribution < 1.29 is 4.79 Å². The van der Waals surface area contributed by atoms with Crippen LogP contribution in [0.4, 0.5) is 0 Å². The molecule has 0 radical (unpaired) electrons. The average molecular weight is 218 g/mol. The second-order valence-electron chi connectivity index (χ2n) is 4.06. The molecule has 0 spiro atoms. The third-order valence-corrected chi connectivity index (χ3v) is 2.48. The molecule has 84 valence electrons. The summed E-state index contributed by atoms with van der Waals surface area (Å²) in [5.74, 6) is 0. The average Bonchev–Trinajstić information content (AvgIpc) is 2.02. The maximum atomic E-state index is 10.7. The number of likely N-dealkylation sites (N-methyl/N-ethyl adjacent to an activating group) is 1. The van der Waals surface area contributed by atoms with Crippen molar-refractivity contribution in [2.24, 2.45) is 0 Å². The quantitative estimate of drug-likeness (QED) is 0.648. The number of thiol groups is 1. The van der Waals surface area contributed by atoms with E-state index in [1.807, 2.05) is 11.9 Å². The minimum atomic E-state index is -0.0651. The SMILES string of the molecule is CC(C)N(C)CCCN(C)CC(=O)S. The molecule has 0 heterocycles. The number of rotatable bonds is 7. The molecule has 0 aliphatic heterocycles. The van der Waals surface area contributed by atoms with Crippen LogP contribution < -0.4 is 0 Å². The first-order chi connectivity index (χ1) is 6.43. The van der Waals surface area contributed by atoms with Gasteiger partial charge in [0.1, 0.15) is 0 Å². The van der Waals surface area contributed by atoms with E-state index in [0.717, 1.165) is 19.5 Å². The van der Waals surface area contributed by atoms with Gasteiger partial charge in [-0.1, -0.05) is 0 Å². The Hall–Kier alpha value is -0.0600. The van der Waals surface area contributed by atoms with Crippen molar-refractivity contribution in [3.63, 3.8) is 0 Å². The number of hydrogen-bond acceptors (Lipinski definition) is 3. The maximum Gasteiger partial charge on any atom is 0.199 e. The highest BCUT2D eigenvalue weighted by atomic mass is 32.1. The van der Waals surface area contributed by atoms with Crippen LogP contribution in [0.25, 0.3) is 0 Å². The van der Waals surface area contributed by atoms with E-state index in [1.54, 1.807) is 0 Å². The van der Waals surface area contributed by atoms with Gasteiger partial charge in [0.2, 0.25) is 0 Å². The van der Waals surface area contributed by atoms with Gasteiger partial charge in [0.05, 0.1) is 6.54 Å². The highest BCUT2D eigenvalue weighted by molar-refractivity contribution is 7.96.